The van der Waals surface area contributed by atoms with Crippen LogP contribution in [0.2, 0.25) is 5.02 Å². The normalized spacial score (nSPS) is 9.92. The molecule has 0 radical (unpaired) electrons. The van der Waals surface area contributed by atoms with Crippen LogP contribution in [0.3, 0.4) is 0 Å². The molecule has 0 amide bonds. The third-order valence-electron chi connectivity index (χ3n) is 1.22. The lowest BCUT2D eigenvalue weighted by molar-refractivity contribution is 0.0696. The van der Waals surface area contributed by atoms with Crippen molar-refractivity contribution in [2.45, 2.75) is 0 Å². The zero-order chi connectivity index (χ0) is 9.30. The van der Waals surface area contributed by atoms with Gasteiger partial charge in [-0.1, -0.05) is 11.6 Å². The molecule has 0 fully saturated rings. The first-order chi connectivity index (χ1) is 5.52. The Balaban J connectivity index is 3.37. The summed E-state index contributed by atoms with van der Waals surface area (Å²) in [6, 6.07) is 2.49. The van der Waals surface area contributed by atoms with Crippen LogP contribution in [0, 0.1) is 9.39 Å². The highest BCUT2D eigenvalue weighted by molar-refractivity contribution is 14.1. The van der Waals surface area contributed by atoms with Crippen molar-refractivity contribution in [1.82, 2.24) is 0 Å². The Morgan fingerprint density at radius 1 is 1.58 bits per heavy atom. The highest BCUT2D eigenvalue weighted by atomic mass is 127. The summed E-state index contributed by atoms with van der Waals surface area (Å²) in [6.07, 6.45) is 0. The maximum atomic E-state index is 12.8. The fourth-order valence-corrected chi connectivity index (χ4v) is 1.49. The molecule has 0 bridgehead atoms. The van der Waals surface area contributed by atoms with E-state index in [1.807, 2.05) is 22.6 Å². The Labute approximate surface area is 86.5 Å². The SMILES string of the molecule is O=C(O)c1cc(I)cc(F)c1Cl. The van der Waals surface area contributed by atoms with Crippen LogP contribution in [-0.2, 0) is 0 Å². The minimum absolute atomic E-state index is 0.207. The second-order valence-corrected chi connectivity index (χ2v) is 3.68. The summed E-state index contributed by atoms with van der Waals surface area (Å²) in [5.41, 5.74) is -0.207. The molecule has 1 aromatic carbocycles. The van der Waals surface area contributed by atoms with Crippen LogP contribution >= 0.6 is 34.2 Å². The van der Waals surface area contributed by atoms with Gasteiger partial charge >= 0.3 is 5.97 Å². The third-order valence-corrected chi connectivity index (χ3v) is 2.23. The van der Waals surface area contributed by atoms with Crippen molar-refractivity contribution in [3.05, 3.63) is 32.1 Å². The lowest BCUT2D eigenvalue weighted by Gasteiger charge is -2.00. The minimum Gasteiger partial charge on any atom is -0.478 e. The van der Waals surface area contributed by atoms with Gasteiger partial charge in [0.05, 0.1) is 10.6 Å². The van der Waals surface area contributed by atoms with Crippen LogP contribution < -0.4 is 0 Å². The van der Waals surface area contributed by atoms with Gasteiger partial charge in [-0.25, -0.2) is 9.18 Å². The molecule has 1 rings (SSSR count). The molecular formula is C7H3ClFIO2. The Morgan fingerprint density at radius 2 is 2.17 bits per heavy atom. The second-order valence-electron chi connectivity index (χ2n) is 2.05. The first-order valence-electron chi connectivity index (χ1n) is 2.90. The predicted molar refractivity (Wildman–Crippen MR) is 51.1 cm³/mol. The molecule has 0 saturated heterocycles. The number of benzene rings is 1. The zero-order valence-corrected chi connectivity index (χ0v) is 8.56. The summed E-state index contributed by atoms with van der Waals surface area (Å²) in [4.78, 5) is 10.5. The van der Waals surface area contributed by atoms with Gasteiger partial charge in [0.25, 0.3) is 0 Å². The van der Waals surface area contributed by atoms with E-state index in [2.05, 4.69) is 0 Å². The molecule has 0 aromatic heterocycles. The van der Waals surface area contributed by atoms with Gasteiger partial charge in [0.1, 0.15) is 5.82 Å². The van der Waals surface area contributed by atoms with E-state index in [1.165, 1.54) is 12.1 Å². The van der Waals surface area contributed by atoms with Crippen LogP contribution in [0.25, 0.3) is 0 Å². The smallest absolute Gasteiger partial charge is 0.337 e. The highest BCUT2D eigenvalue weighted by Crippen LogP contribution is 2.22. The van der Waals surface area contributed by atoms with Crippen molar-refractivity contribution in [2.75, 3.05) is 0 Å². The monoisotopic (exact) mass is 300 g/mol. The average Bonchev–Trinajstić information content (AvgIpc) is 1.96. The number of carboxylic acids is 1. The van der Waals surface area contributed by atoms with E-state index < -0.39 is 11.8 Å². The van der Waals surface area contributed by atoms with Crippen LogP contribution in [0.5, 0.6) is 0 Å². The molecular weight excluding hydrogens is 297 g/mol. The molecule has 1 N–H and O–H groups in total. The van der Waals surface area contributed by atoms with Crippen LogP contribution in [0.1, 0.15) is 10.4 Å². The molecule has 12 heavy (non-hydrogen) atoms. The quantitative estimate of drug-likeness (QED) is 0.639. The summed E-state index contributed by atoms with van der Waals surface area (Å²) < 4.78 is 13.3. The van der Waals surface area contributed by atoms with Crippen molar-refractivity contribution in [3.8, 4) is 0 Å². The summed E-state index contributed by atoms with van der Waals surface area (Å²) >= 11 is 7.22. The van der Waals surface area contributed by atoms with Crippen molar-refractivity contribution >= 4 is 40.2 Å². The Morgan fingerprint density at radius 3 is 2.67 bits per heavy atom. The lowest BCUT2D eigenvalue weighted by Crippen LogP contribution is -1.99. The lowest BCUT2D eigenvalue weighted by atomic mass is 10.2. The molecule has 2 nitrogen and oxygen atoms in total. The van der Waals surface area contributed by atoms with E-state index in [9.17, 15) is 9.18 Å². The van der Waals surface area contributed by atoms with Gasteiger partial charge in [-0.2, -0.15) is 0 Å². The molecule has 64 valence electrons. The van der Waals surface area contributed by atoms with Gasteiger partial charge in [-0.05, 0) is 34.7 Å². The van der Waals surface area contributed by atoms with Crippen molar-refractivity contribution in [1.29, 1.82) is 0 Å². The number of rotatable bonds is 1. The molecule has 0 heterocycles. The number of hydrogen-bond donors (Lipinski definition) is 1. The molecule has 0 spiro atoms. The van der Waals surface area contributed by atoms with Gasteiger partial charge in [-0.3, -0.25) is 0 Å². The second kappa shape index (κ2) is 3.57. The molecule has 0 saturated carbocycles. The first-order valence-corrected chi connectivity index (χ1v) is 4.36. The van der Waals surface area contributed by atoms with Gasteiger partial charge in [-0.15, -0.1) is 0 Å². The van der Waals surface area contributed by atoms with E-state index >= 15 is 0 Å². The van der Waals surface area contributed by atoms with Crippen molar-refractivity contribution in [2.24, 2.45) is 0 Å². The Hall–Kier alpha value is -0.360. The van der Waals surface area contributed by atoms with Crippen molar-refractivity contribution in [3.63, 3.8) is 0 Å². The fraction of sp³-hybridized carbons (Fsp3) is 0. The van der Waals surface area contributed by atoms with E-state index in [1.54, 1.807) is 0 Å². The highest BCUT2D eigenvalue weighted by Gasteiger charge is 2.13. The maximum absolute atomic E-state index is 12.8. The molecule has 0 unspecified atom stereocenters. The topological polar surface area (TPSA) is 37.3 Å². The van der Waals surface area contributed by atoms with E-state index in [0.29, 0.717) is 3.57 Å². The molecule has 0 aliphatic rings. The van der Waals surface area contributed by atoms with E-state index in [4.69, 9.17) is 16.7 Å². The van der Waals surface area contributed by atoms with Gasteiger partial charge < -0.3 is 5.11 Å². The van der Waals surface area contributed by atoms with Crippen LogP contribution in [0.4, 0.5) is 4.39 Å². The van der Waals surface area contributed by atoms with E-state index in [-0.39, 0.29) is 10.6 Å². The Kier molecular flexibility index (Phi) is 2.89. The standard InChI is InChI=1S/C7H3ClFIO2/c8-6-4(7(11)12)1-3(10)2-5(6)9/h1-2H,(H,11,12). The third kappa shape index (κ3) is 1.87. The minimum atomic E-state index is -1.22. The maximum Gasteiger partial charge on any atom is 0.337 e. The first kappa shape index (κ1) is 9.73. The predicted octanol–water partition coefficient (Wildman–Crippen LogP) is 2.78. The average molecular weight is 300 g/mol. The molecule has 0 aliphatic carbocycles. The Bertz CT molecular complexity index is 340. The van der Waals surface area contributed by atoms with E-state index in [0.717, 1.165) is 0 Å². The molecule has 5 heteroatoms. The number of halogens is 3. The molecule has 0 aliphatic heterocycles. The van der Waals surface area contributed by atoms with Crippen LogP contribution in [-0.4, -0.2) is 11.1 Å². The van der Waals surface area contributed by atoms with Crippen LogP contribution in [0.15, 0.2) is 12.1 Å². The number of carbonyl (C=O) groups is 1. The summed E-state index contributed by atoms with van der Waals surface area (Å²) in [5.74, 6) is -1.93. The summed E-state index contributed by atoms with van der Waals surface area (Å²) in [7, 11) is 0. The van der Waals surface area contributed by atoms with Gasteiger partial charge in [0.2, 0.25) is 0 Å². The fourth-order valence-electron chi connectivity index (χ4n) is 0.712. The van der Waals surface area contributed by atoms with Gasteiger partial charge in [0, 0.05) is 3.57 Å². The van der Waals surface area contributed by atoms with Crippen molar-refractivity contribution < 1.29 is 14.3 Å². The number of hydrogen-bond acceptors (Lipinski definition) is 1. The summed E-state index contributed by atoms with van der Waals surface area (Å²) in [5, 5.41) is 8.22. The number of aromatic carboxylic acids is 1. The number of carboxylic acid groups (broad SMARTS) is 1. The molecule has 1 aromatic rings. The molecule has 0 atom stereocenters. The largest absolute Gasteiger partial charge is 0.478 e. The zero-order valence-electron chi connectivity index (χ0n) is 5.64. The summed E-state index contributed by atoms with van der Waals surface area (Å²) in [6.45, 7) is 0. The van der Waals surface area contributed by atoms with Gasteiger partial charge in [0.15, 0.2) is 0 Å².